The molecular formula is C29H27IN4O3. The number of halogens is 1. The number of rotatable bonds is 10. The molecule has 0 bridgehead atoms. The van der Waals surface area contributed by atoms with Crippen LogP contribution in [0.15, 0.2) is 65.8 Å². The monoisotopic (exact) mass is 606 g/mol. The van der Waals surface area contributed by atoms with Gasteiger partial charge >= 0.3 is 0 Å². The second-order valence-corrected chi connectivity index (χ2v) is 9.41. The first-order valence-electron chi connectivity index (χ1n) is 11.8. The third-order valence-corrected chi connectivity index (χ3v) is 6.41. The lowest BCUT2D eigenvalue weighted by atomic mass is 10.1. The maximum absolute atomic E-state index is 9.62. The van der Waals surface area contributed by atoms with E-state index in [0.29, 0.717) is 42.7 Å². The number of fused-ring (bicyclic) bond motifs is 1. The first kappa shape index (κ1) is 26.4. The number of hydrogen-bond acceptors (Lipinski definition) is 7. The molecule has 0 aliphatic carbocycles. The Kier molecular flexibility index (Phi) is 8.93. The maximum atomic E-state index is 9.62. The van der Waals surface area contributed by atoms with E-state index in [1.54, 1.807) is 13.3 Å². The van der Waals surface area contributed by atoms with Crippen molar-refractivity contribution in [2.24, 2.45) is 5.10 Å². The van der Waals surface area contributed by atoms with Gasteiger partial charge in [0.25, 0.3) is 0 Å². The minimum absolute atomic E-state index is 0.320. The van der Waals surface area contributed by atoms with Gasteiger partial charge in [0.15, 0.2) is 17.3 Å². The van der Waals surface area contributed by atoms with Gasteiger partial charge in [-0.1, -0.05) is 42.5 Å². The number of anilines is 1. The SMILES string of the molecule is CCOc1cc(/C=N\Nc2nc(C)cc(COC)c2C#N)cc(I)c1OCc1cccc2ccccc12. The molecule has 0 unspecified atom stereocenters. The Morgan fingerprint density at radius 2 is 1.86 bits per heavy atom. The van der Waals surface area contributed by atoms with Gasteiger partial charge in [0.2, 0.25) is 0 Å². The Morgan fingerprint density at radius 1 is 1.05 bits per heavy atom. The van der Waals surface area contributed by atoms with E-state index < -0.39 is 0 Å². The normalized spacial score (nSPS) is 11.0. The second-order valence-electron chi connectivity index (χ2n) is 8.25. The smallest absolute Gasteiger partial charge is 0.175 e. The van der Waals surface area contributed by atoms with Gasteiger partial charge in [-0.3, -0.25) is 5.43 Å². The van der Waals surface area contributed by atoms with Crippen molar-refractivity contribution in [3.05, 3.63) is 92.2 Å². The molecule has 0 fully saturated rings. The van der Waals surface area contributed by atoms with Crippen molar-refractivity contribution in [1.29, 1.82) is 5.26 Å². The van der Waals surface area contributed by atoms with Crippen LogP contribution in [0.2, 0.25) is 0 Å². The highest BCUT2D eigenvalue weighted by Crippen LogP contribution is 2.35. The summed E-state index contributed by atoms with van der Waals surface area (Å²) in [4.78, 5) is 4.42. The summed E-state index contributed by atoms with van der Waals surface area (Å²) in [5.74, 6) is 1.72. The van der Waals surface area contributed by atoms with E-state index in [-0.39, 0.29) is 0 Å². The Labute approximate surface area is 230 Å². The van der Waals surface area contributed by atoms with Crippen LogP contribution in [0.3, 0.4) is 0 Å². The van der Waals surface area contributed by atoms with E-state index in [9.17, 15) is 5.26 Å². The predicted octanol–water partition coefficient (Wildman–Crippen LogP) is 6.59. The van der Waals surface area contributed by atoms with E-state index in [1.807, 2.05) is 50.2 Å². The van der Waals surface area contributed by atoms with Crippen LogP contribution in [-0.2, 0) is 18.0 Å². The van der Waals surface area contributed by atoms with Gasteiger partial charge in [0.05, 0.1) is 23.0 Å². The minimum Gasteiger partial charge on any atom is -0.490 e. The molecule has 0 spiro atoms. The molecule has 3 aromatic carbocycles. The van der Waals surface area contributed by atoms with Gasteiger partial charge in [-0.25, -0.2) is 4.98 Å². The molecule has 0 aliphatic rings. The summed E-state index contributed by atoms with van der Waals surface area (Å²) >= 11 is 2.25. The standard InChI is InChI=1S/C29H27IN4O3/c1-4-36-27-14-20(16-32-34-29-25(15-31)23(17-35-3)12-19(2)33-29)13-26(30)28(27)37-18-22-10-7-9-21-8-5-6-11-24(21)22/h5-14,16H,4,17-18H2,1-3H3,(H,33,34)/b32-16-. The molecule has 1 heterocycles. The third kappa shape index (κ3) is 6.37. The molecular weight excluding hydrogens is 579 g/mol. The summed E-state index contributed by atoms with van der Waals surface area (Å²) in [5.41, 5.74) is 6.77. The maximum Gasteiger partial charge on any atom is 0.175 e. The Balaban J connectivity index is 1.56. The van der Waals surface area contributed by atoms with Crippen LogP contribution in [0.5, 0.6) is 11.5 Å². The fourth-order valence-corrected chi connectivity index (χ4v) is 4.80. The highest BCUT2D eigenvalue weighted by molar-refractivity contribution is 14.1. The van der Waals surface area contributed by atoms with Crippen LogP contribution in [0.25, 0.3) is 10.8 Å². The molecule has 0 radical (unpaired) electrons. The predicted molar refractivity (Wildman–Crippen MR) is 154 cm³/mol. The molecule has 1 N–H and O–H groups in total. The molecule has 7 nitrogen and oxygen atoms in total. The number of methoxy groups -OCH3 is 1. The average molecular weight is 606 g/mol. The van der Waals surface area contributed by atoms with Crippen LogP contribution in [0.4, 0.5) is 5.82 Å². The highest BCUT2D eigenvalue weighted by Gasteiger charge is 2.14. The number of nitrogens with one attached hydrogen (secondary N) is 1. The van der Waals surface area contributed by atoms with Gasteiger partial charge < -0.3 is 14.2 Å². The third-order valence-electron chi connectivity index (χ3n) is 5.61. The first-order valence-corrected chi connectivity index (χ1v) is 12.9. The lowest BCUT2D eigenvalue weighted by molar-refractivity contribution is 0.184. The molecule has 0 amide bonds. The zero-order valence-electron chi connectivity index (χ0n) is 20.9. The van der Waals surface area contributed by atoms with Crippen molar-refractivity contribution in [3.63, 3.8) is 0 Å². The van der Waals surface area contributed by atoms with Crippen molar-refractivity contribution in [3.8, 4) is 17.6 Å². The topological polar surface area (TPSA) is 88.8 Å². The number of aromatic nitrogens is 1. The summed E-state index contributed by atoms with van der Waals surface area (Å²) in [7, 11) is 1.59. The number of hydrazone groups is 1. The Bertz CT molecular complexity index is 1480. The second kappa shape index (κ2) is 12.5. The Morgan fingerprint density at radius 3 is 2.65 bits per heavy atom. The van der Waals surface area contributed by atoms with Gasteiger partial charge in [-0.15, -0.1) is 0 Å². The Hall–Kier alpha value is -3.68. The number of ether oxygens (including phenoxy) is 3. The van der Waals surface area contributed by atoms with Crippen molar-refractivity contribution in [2.45, 2.75) is 27.1 Å². The molecule has 4 rings (SSSR count). The quantitative estimate of drug-likeness (QED) is 0.125. The lowest BCUT2D eigenvalue weighted by Crippen LogP contribution is -2.04. The van der Waals surface area contributed by atoms with Crippen molar-refractivity contribution in [2.75, 3.05) is 19.1 Å². The molecule has 0 saturated carbocycles. The molecule has 4 aromatic rings. The van der Waals surface area contributed by atoms with E-state index in [2.05, 4.69) is 68.4 Å². The largest absolute Gasteiger partial charge is 0.490 e. The van der Waals surface area contributed by atoms with Gasteiger partial charge in [0, 0.05) is 18.4 Å². The van der Waals surface area contributed by atoms with E-state index in [4.69, 9.17) is 14.2 Å². The zero-order valence-corrected chi connectivity index (χ0v) is 23.1. The highest BCUT2D eigenvalue weighted by atomic mass is 127. The number of nitrogens with zero attached hydrogens (tertiary/aromatic N) is 3. The average Bonchev–Trinajstić information content (AvgIpc) is 2.88. The molecule has 37 heavy (non-hydrogen) atoms. The molecule has 0 atom stereocenters. The lowest BCUT2D eigenvalue weighted by Gasteiger charge is -2.15. The summed E-state index contributed by atoms with van der Waals surface area (Å²) < 4.78 is 18.3. The molecule has 0 aliphatic heterocycles. The number of pyridine rings is 1. The van der Waals surface area contributed by atoms with E-state index in [1.165, 1.54) is 10.8 Å². The molecule has 8 heteroatoms. The van der Waals surface area contributed by atoms with Crippen LogP contribution in [-0.4, -0.2) is 24.9 Å². The van der Waals surface area contributed by atoms with Crippen LogP contribution < -0.4 is 14.9 Å². The van der Waals surface area contributed by atoms with Crippen molar-refractivity contribution in [1.82, 2.24) is 4.98 Å². The molecule has 188 valence electrons. The molecule has 0 saturated heterocycles. The number of nitriles is 1. The summed E-state index contributed by atoms with van der Waals surface area (Å²) in [6.07, 6.45) is 1.67. The fourth-order valence-electron chi connectivity index (χ4n) is 4.02. The fraction of sp³-hybridized carbons (Fsp3) is 0.207. The van der Waals surface area contributed by atoms with Crippen molar-refractivity contribution < 1.29 is 14.2 Å². The first-order chi connectivity index (χ1) is 18.0. The van der Waals surface area contributed by atoms with E-state index >= 15 is 0 Å². The van der Waals surface area contributed by atoms with Crippen LogP contribution in [0.1, 0.15) is 34.9 Å². The summed E-state index contributed by atoms with van der Waals surface area (Å²) in [6, 6.07) is 22.4. The van der Waals surface area contributed by atoms with Gasteiger partial charge in [-0.2, -0.15) is 10.4 Å². The zero-order chi connectivity index (χ0) is 26.2. The van der Waals surface area contributed by atoms with Gasteiger partial charge in [0.1, 0.15) is 18.2 Å². The molecule has 1 aromatic heterocycles. The van der Waals surface area contributed by atoms with E-state index in [0.717, 1.165) is 26.0 Å². The number of aryl methyl sites for hydroxylation is 1. The number of hydrogen-bond donors (Lipinski definition) is 1. The van der Waals surface area contributed by atoms with Crippen molar-refractivity contribution >= 4 is 45.4 Å². The summed E-state index contributed by atoms with van der Waals surface area (Å²) in [5, 5.41) is 16.3. The minimum atomic E-state index is 0.320. The van der Waals surface area contributed by atoms with Gasteiger partial charge in [-0.05, 0) is 76.5 Å². The summed E-state index contributed by atoms with van der Waals surface area (Å²) in [6.45, 7) is 5.05. The van der Waals surface area contributed by atoms with Crippen LogP contribution >= 0.6 is 22.6 Å². The van der Waals surface area contributed by atoms with Crippen LogP contribution in [0, 0.1) is 21.8 Å². The number of benzene rings is 3.